The number of benzene rings is 2. The van der Waals surface area contributed by atoms with Crippen LogP contribution in [0.5, 0.6) is 23.0 Å². The molecule has 0 unspecified atom stereocenters. The fourth-order valence-electron chi connectivity index (χ4n) is 1.67. The molecule has 2 N–H and O–H groups in total. The van der Waals surface area contributed by atoms with Gasteiger partial charge in [0.05, 0.1) is 5.69 Å². The highest BCUT2D eigenvalue weighted by Crippen LogP contribution is 2.36. The van der Waals surface area contributed by atoms with Gasteiger partial charge in [-0.15, -0.1) is 0 Å². The van der Waals surface area contributed by atoms with Crippen LogP contribution in [-0.4, -0.2) is 12.0 Å². The molecule has 1 aliphatic heterocycles. The second-order valence-electron chi connectivity index (χ2n) is 3.75. The van der Waals surface area contributed by atoms with Crippen LogP contribution in [0, 0.1) is 0 Å². The smallest absolute Gasteiger partial charge is 0.231 e. The van der Waals surface area contributed by atoms with Crippen molar-refractivity contribution in [2.75, 3.05) is 12.3 Å². The summed E-state index contributed by atoms with van der Waals surface area (Å²) in [6.07, 6.45) is 0. The van der Waals surface area contributed by atoms with Crippen LogP contribution in [0.4, 0.5) is 5.69 Å². The van der Waals surface area contributed by atoms with E-state index in [4.69, 9.17) is 19.4 Å². The quantitative estimate of drug-likeness (QED) is 0.814. The van der Waals surface area contributed by atoms with Gasteiger partial charge in [-0.05, 0) is 36.4 Å². The Morgan fingerprint density at radius 2 is 1.67 bits per heavy atom. The molecule has 0 fully saturated rings. The standard InChI is InChI=1S/C13H11NO4/c15-14-9-1-3-10(4-2-9)18-11-5-6-12-13(7-11)17-8-16-12/h1-7,14-15H,8H2. The Hall–Kier alpha value is -2.40. The number of nitrogens with one attached hydrogen (secondary N) is 1. The van der Waals surface area contributed by atoms with Gasteiger partial charge in [0.15, 0.2) is 11.5 Å². The fourth-order valence-corrected chi connectivity index (χ4v) is 1.67. The summed E-state index contributed by atoms with van der Waals surface area (Å²) in [4.78, 5) is 0. The van der Waals surface area contributed by atoms with Crippen LogP contribution in [-0.2, 0) is 0 Å². The summed E-state index contributed by atoms with van der Waals surface area (Å²) in [7, 11) is 0. The lowest BCUT2D eigenvalue weighted by Crippen LogP contribution is -1.92. The molecule has 0 saturated carbocycles. The maximum atomic E-state index is 8.70. The molecule has 92 valence electrons. The van der Waals surface area contributed by atoms with Crippen molar-refractivity contribution < 1.29 is 19.4 Å². The Bertz CT molecular complexity index is 553. The molecule has 0 radical (unpaired) electrons. The van der Waals surface area contributed by atoms with E-state index in [-0.39, 0.29) is 6.79 Å². The van der Waals surface area contributed by atoms with Crippen LogP contribution in [0.3, 0.4) is 0 Å². The van der Waals surface area contributed by atoms with Crippen LogP contribution >= 0.6 is 0 Å². The summed E-state index contributed by atoms with van der Waals surface area (Å²) < 4.78 is 16.1. The number of ether oxygens (including phenoxy) is 3. The average Bonchev–Trinajstić information content (AvgIpc) is 2.87. The van der Waals surface area contributed by atoms with Crippen LogP contribution in [0.2, 0.25) is 0 Å². The summed E-state index contributed by atoms with van der Waals surface area (Å²) in [5.41, 5.74) is 2.66. The zero-order valence-corrected chi connectivity index (χ0v) is 9.42. The number of hydrogen-bond donors (Lipinski definition) is 2. The van der Waals surface area contributed by atoms with Gasteiger partial charge in [0.25, 0.3) is 0 Å². The van der Waals surface area contributed by atoms with Gasteiger partial charge in [0.1, 0.15) is 11.5 Å². The molecule has 0 saturated heterocycles. The second-order valence-corrected chi connectivity index (χ2v) is 3.75. The van der Waals surface area contributed by atoms with Crippen molar-refractivity contribution in [3.63, 3.8) is 0 Å². The molecule has 18 heavy (non-hydrogen) atoms. The highest BCUT2D eigenvalue weighted by molar-refractivity contribution is 5.49. The maximum Gasteiger partial charge on any atom is 0.231 e. The number of hydrogen-bond acceptors (Lipinski definition) is 5. The molecule has 5 nitrogen and oxygen atoms in total. The van der Waals surface area contributed by atoms with Crippen molar-refractivity contribution in [2.24, 2.45) is 0 Å². The zero-order valence-electron chi connectivity index (χ0n) is 9.42. The van der Waals surface area contributed by atoms with Gasteiger partial charge < -0.3 is 14.2 Å². The van der Waals surface area contributed by atoms with Gasteiger partial charge >= 0.3 is 0 Å². The lowest BCUT2D eigenvalue weighted by Gasteiger charge is -2.07. The molecule has 1 heterocycles. The number of anilines is 1. The Labute approximate surface area is 103 Å². The van der Waals surface area contributed by atoms with E-state index in [0.29, 0.717) is 22.9 Å². The van der Waals surface area contributed by atoms with E-state index in [1.807, 2.05) is 6.07 Å². The third-order valence-electron chi connectivity index (χ3n) is 2.56. The zero-order chi connectivity index (χ0) is 12.4. The highest BCUT2D eigenvalue weighted by atomic mass is 16.7. The molecule has 0 spiro atoms. The summed E-state index contributed by atoms with van der Waals surface area (Å²) in [6.45, 7) is 0.246. The first-order valence-corrected chi connectivity index (χ1v) is 5.43. The van der Waals surface area contributed by atoms with Crippen molar-refractivity contribution in [1.29, 1.82) is 0 Å². The molecule has 0 bridgehead atoms. The molecule has 1 aliphatic rings. The predicted octanol–water partition coefficient (Wildman–Crippen LogP) is 3.01. The van der Waals surface area contributed by atoms with E-state index >= 15 is 0 Å². The van der Waals surface area contributed by atoms with Crippen LogP contribution < -0.4 is 19.7 Å². The van der Waals surface area contributed by atoms with E-state index in [1.165, 1.54) is 0 Å². The Morgan fingerprint density at radius 3 is 2.44 bits per heavy atom. The summed E-state index contributed by atoms with van der Waals surface area (Å²) in [5.74, 6) is 2.75. The minimum Gasteiger partial charge on any atom is -0.457 e. The Morgan fingerprint density at radius 1 is 0.944 bits per heavy atom. The van der Waals surface area contributed by atoms with E-state index in [0.717, 1.165) is 5.75 Å². The molecular formula is C13H11NO4. The molecule has 2 aromatic rings. The normalized spacial score (nSPS) is 12.3. The molecular weight excluding hydrogens is 234 g/mol. The average molecular weight is 245 g/mol. The first-order chi connectivity index (χ1) is 8.85. The van der Waals surface area contributed by atoms with Crippen molar-refractivity contribution in [2.45, 2.75) is 0 Å². The van der Waals surface area contributed by atoms with Crippen molar-refractivity contribution in [3.05, 3.63) is 42.5 Å². The van der Waals surface area contributed by atoms with Crippen LogP contribution in [0.1, 0.15) is 0 Å². The SMILES string of the molecule is ONc1ccc(Oc2ccc3c(c2)OCO3)cc1. The Kier molecular flexibility index (Phi) is 2.66. The largest absolute Gasteiger partial charge is 0.457 e. The highest BCUT2D eigenvalue weighted by Gasteiger charge is 2.13. The minimum atomic E-state index is 0.246. The molecule has 0 aromatic heterocycles. The van der Waals surface area contributed by atoms with Gasteiger partial charge in [-0.3, -0.25) is 10.7 Å². The van der Waals surface area contributed by atoms with E-state index < -0.39 is 0 Å². The Balaban J connectivity index is 1.79. The first-order valence-electron chi connectivity index (χ1n) is 5.43. The minimum absolute atomic E-state index is 0.246. The van der Waals surface area contributed by atoms with Crippen LogP contribution in [0.15, 0.2) is 42.5 Å². The first kappa shape index (κ1) is 10.7. The van der Waals surface area contributed by atoms with Crippen molar-refractivity contribution in [3.8, 4) is 23.0 Å². The fraction of sp³-hybridized carbons (Fsp3) is 0.0769. The number of fused-ring (bicyclic) bond motifs is 1. The van der Waals surface area contributed by atoms with E-state index in [1.54, 1.807) is 36.4 Å². The number of rotatable bonds is 3. The molecule has 0 atom stereocenters. The van der Waals surface area contributed by atoms with Gasteiger partial charge in [0, 0.05) is 6.07 Å². The van der Waals surface area contributed by atoms with E-state index in [9.17, 15) is 0 Å². The lowest BCUT2D eigenvalue weighted by molar-refractivity contribution is 0.174. The van der Waals surface area contributed by atoms with Gasteiger partial charge in [-0.25, -0.2) is 0 Å². The predicted molar refractivity (Wildman–Crippen MR) is 64.5 cm³/mol. The molecule has 0 amide bonds. The molecule has 0 aliphatic carbocycles. The van der Waals surface area contributed by atoms with Crippen LogP contribution in [0.25, 0.3) is 0 Å². The lowest BCUT2D eigenvalue weighted by atomic mass is 10.3. The van der Waals surface area contributed by atoms with Crippen molar-refractivity contribution >= 4 is 5.69 Å². The molecule has 3 rings (SSSR count). The van der Waals surface area contributed by atoms with E-state index in [2.05, 4.69) is 5.48 Å². The monoisotopic (exact) mass is 245 g/mol. The third-order valence-corrected chi connectivity index (χ3v) is 2.56. The summed E-state index contributed by atoms with van der Waals surface area (Å²) in [6, 6.07) is 12.3. The summed E-state index contributed by atoms with van der Waals surface area (Å²) in [5, 5.41) is 8.70. The van der Waals surface area contributed by atoms with Crippen molar-refractivity contribution in [1.82, 2.24) is 0 Å². The molecule has 2 aromatic carbocycles. The van der Waals surface area contributed by atoms with Gasteiger partial charge in [0.2, 0.25) is 6.79 Å². The maximum absolute atomic E-state index is 8.70. The van der Waals surface area contributed by atoms with Gasteiger partial charge in [-0.2, -0.15) is 0 Å². The van der Waals surface area contributed by atoms with Gasteiger partial charge in [-0.1, -0.05) is 0 Å². The summed E-state index contributed by atoms with van der Waals surface area (Å²) >= 11 is 0. The third kappa shape index (κ3) is 2.03. The second kappa shape index (κ2) is 4.46. The molecule has 5 heteroatoms. The topological polar surface area (TPSA) is 60.0 Å².